The summed E-state index contributed by atoms with van der Waals surface area (Å²) in [6, 6.07) is 6.64. The molecule has 0 atom stereocenters. The van der Waals surface area contributed by atoms with Gasteiger partial charge >= 0.3 is 0 Å². The summed E-state index contributed by atoms with van der Waals surface area (Å²) in [6.45, 7) is 1.76. The molecule has 14 heavy (non-hydrogen) atoms. The van der Waals surface area contributed by atoms with Crippen LogP contribution in [0.2, 0.25) is 0 Å². The molecule has 1 nitrogen and oxygen atoms in total. The average Bonchev–Trinajstić information content (AvgIpc) is 2.23. The monoisotopic (exact) mass is 189 g/mol. The van der Waals surface area contributed by atoms with Gasteiger partial charge in [0.2, 0.25) is 0 Å². The van der Waals surface area contributed by atoms with Crippen molar-refractivity contribution in [1.82, 2.24) is 4.90 Å². The minimum absolute atomic E-state index is 0.178. The summed E-state index contributed by atoms with van der Waals surface area (Å²) in [5, 5.41) is 0. The van der Waals surface area contributed by atoms with Gasteiger partial charge in [-0.2, -0.15) is 0 Å². The molecule has 2 rings (SSSR count). The minimum atomic E-state index is -0.178. The Labute approximate surface area is 83.2 Å². The van der Waals surface area contributed by atoms with E-state index in [2.05, 4.69) is 11.0 Å². The highest BCUT2D eigenvalue weighted by molar-refractivity contribution is 5.17. The van der Waals surface area contributed by atoms with Crippen LogP contribution in [-0.2, 0) is 6.54 Å². The fourth-order valence-electron chi connectivity index (χ4n) is 1.45. The average molecular weight is 189 g/mol. The Bertz CT molecular complexity index is 351. The van der Waals surface area contributed by atoms with Crippen molar-refractivity contribution in [3.8, 4) is 0 Å². The lowest BCUT2D eigenvalue weighted by molar-refractivity contribution is 0.405. The molecule has 0 saturated carbocycles. The second kappa shape index (κ2) is 4.09. The maximum Gasteiger partial charge on any atom is 0.123 e. The van der Waals surface area contributed by atoms with E-state index in [0.29, 0.717) is 0 Å². The molecule has 0 aliphatic carbocycles. The van der Waals surface area contributed by atoms with Gasteiger partial charge in [-0.1, -0.05) is 24.3 Å². The fourth-order valence-corrected chi connectivity index (χ4v) is 1.45. The van der Waals surface area contributed by atoms with E-state index in [4.69, 9.17) is 0 Å². The van der Waals surface area contributed by atoms with Crippen LogP contribution in [0.3, 0.4) is 0 Å². The molecule has 0 radical (unpaired) electrons. The summed E-state index contributed by atoms with van der Waals surface area (Å²) in [4.78, 5) is 2.17. The molecule has 2 heteroatoms. The summed E-state index contributed by atoms with van der Waals surface area (Å²) in [6.07, 6.45) is 8.18. The normalized spacial score (nSPS) is 14.8. The molecular weight excluding hydrogens is 177 g/mol. The third kappa shape index (κ3) is 2.22. The van der Waals surface area contributed by atoms with E-state index in [1.54, 1.807) is 0 Å². The van der Waals surface area contributed by atoms with Crippen LogP contribution in [-0.4, -0.2) is 11.4 Å². The minimum Gasteiger partial charge on any atom is -0.369 e. The van der Waals surface area contributed by atoms with Crippen LogP contribution in [0, 0.1) is 5.82 Å². The van der Waals surface area contributed by atoms with E-state index in [9.17, 15) is 4.39 Å². The van der Waals surface area contributed by atoms with Crippen LogP contribution in [0.25, 0.3) is 0 Å². The van der Waals surface area contributed by atoms with Crippen LogP contribution < -0.4 is 0 Å². The van der Waals surface area contributed by atoms with Crippen molar-refractivity contribution in [2.24, 2.45) is 0 Å². The van der Waals surface area contributed by atoms with E-state index < -0.39 is 0 Å². The van der Waals surface area contributed by atoms with Gasteiger partial charge < -0.3 is 4.90 Å². The Kier molecular flexibility index (Phi) is 2.63. The molecule has 0 bridgehead atoms. The van der Waals surface area contributed by atoms with Crippen molar-refractivity contribution >= 4 is 0 Å². The summed E-state index contributed by atoms with van der Waals surface area (Å²) < 4.78 is 12.6. The zero-order valence-corrected chi connectivity index (χ0v) is 7.86. The molecule has 0 aromatic heterocycles. The van der Waals surface area contributed by atoms with E-state index in [0.717, 1.165) is 18.7 Å². The summed E-state index contributed by atoms with van der Waals surface area (Å²) in [5.74, 6) is -0.178. The largest absolute Gasteiger partial charge is 0.369 e. The first-order valence-electron chi connectivity index (χ1n) is 4.66. The molecule has 0 amide bonds. The second-order valence-electron chi connectivity index (χ2n) is 3.33. The van der Waals surface area contributed by atoms with E-state index in [-0.39, 0.29) is 5.82 Å². The standard InChI is InChI=1S/C12H12FN/c13-12-6-4-11(5-7-12)10-14-8-2-1-3-9-14/h1-8H,9-10H2. The molecule has 0 saturated heterocycles. The van der Waals surface area contributed by atoms with Gasteiger partial charge in [-0.3, -0.25) is 0 Å². The predicted molar refractivity (Wildman–Crippen MR) is 55.1 cm³/mol. The van der Waals surface area contributed by atoms with Crippen molar-refractivity contribution in [1.29, 1.82) is 0 Å². The third-order valence-electron chi connectivity index (χ3n) is 2.18. The first-order chi connectivity index (χ1) is 6.84. The highest BCUT2D eigenvalue weighted by Gasteiger charge is 2.01. The van der Waals surface area contributed by atoms with Gasteiger partial charge in [-0.15, -0.1) is 0 Å². The molecule has 72 valence electrons. The van der Waals surface area contributed by atoms with E-state index in [1.165, 1.54) is 12.1 Å². The Morgan fingerprint density at radius 3 is 2.57 bits per heavy atom. The van der Waals surface area contributed by atoms with Gasteiger partial charge in [0.25, 0.3) is 0 Å². The van der Waals surface area contributed by atoms with Crippen LogP contribution in [0.4, 0.5) is 4.39 Å². The molecule has 1 aromatic rings. The first-order valence-corrected chi connectivity index (χ1v) is 4.66. The van der Waals surface area contributed by atoms with E-state index >= 15 is 0 Å². The molecule has 0 spiro atoms. The Hall–Kier alpha value is -1.57. The molecule has 1 aromatic carbocycles. The van der Waals surface area contributed by atoms with Gasteiger partial charge in [0.1, 0.15) is 5.82 Å². The maximum absolute atomic E-state index is 12.6. The molecular formula is C12H12FN. The lowest BCUT2D eigenvalue weighted by Gasteiger charge is -2.20. The molecule has 1 aliphatic heterocycles. The molecule has 0 unspecified atom stereocenters. The number of allylic oxidation sites excluding steroid dienone is 2. The number of hydrogen-bond acceptors (Lipinski definition) is 1. The van der Waals surface area contributed by atoms with E-state index in [1.807, 2.05) is 30.5 Å². The first kappa shape index (κ1) is 9.00. The Morgan fingerprint density at radius 2 is 1.93 bits per heavy atom. The van der Waals surface area contributed by atoms with Crippen molar-refractivity contribution < 1.29 is 4.39 Å². The summed E-state index contributed by atoms with van der Waals surface area (Å²) >= 11 is 0. The van der Waals surface area contributed by atoms with Gasteiger partial charge in [0.05, 0.1) is 0 Å². The lowest BCUT2D eigenvalue weighted by atomic mass is 10.2. The maximum atomic E-state index is 12.6. The smallest absolute Gasteiger partial charge is 0.123 e. The molecule has 1 aliphatic rings. The van der Waals surface area contributed by atoms with Gasteiger partial charge in [0.15, 0.2) is 0 Å². The number of halogens is 1. The molecule has 1 heterocycles. The van der Waals surface area contributed by atoms with Gasteiger partial charge in [0, 0.05) is 13.1 Å². The quantitative estimate of drug-likeness (QED) is 0.691. The number of hydrogen-bond donors (Lipinski definition) is 0. The van der Waals surface area contributed by atoms with Crippen LogP contribution in [0.15, 0.2) is 48.7 Å². The fraction of sp³-hybridized carbons (Fsp3) is 0.167. The highest BCUT2D eigenvalue weighted by Crippen LogP contribution is 2.08. The zero-order valence-electron chi connectivity index (χ0n) is 7.86. The van der Waals surface area contributed by atoms with Crippen molar-refractivity contribution in [3.05, 3.63) is 60.1 Å². The SMILES string of the molecule is Fc1ccc(CN2C=CC=CC2)cc1. The zero-order chi connectivity index (χ0) is 9.80. The third-order valence-corrected chi connectivity index (χ3v) is 2.18. The number of benzene rings is 1. The predicted octanol–water partition coefficient (Wildman–Crippen LogP) is 2.71. The number of rotatable bonds is 2. The topological polar surface area (TPSA) is 3.24 Å². The number of nitrogens with zero attached hydrogens (tertiary/aromatic N) is 1. The Morgan fingerprint density at radius 1 is 1.14 bits per heavy atom. The van der Waals surface area contributed by atoms with Crippen molar-refractivity contribution in [2.45, 2.75) is 6.54 Å². The second-order valence-corrected chi connectivity index (χ2v) is 3.33. The molecule has 0 fully saturated rings. The van der Waals surface area contributed by atoms with Crippen LogP contribution in [0.1, 0.15) is 5.56 Å². The van der Waals surface area contributed by atoms with Crippen LogP contribution >= 0.6 is 0 Å². The lowest BCUT2D eigenvalue weighted by Crippen LogP contribution is -2.17. The van der Waals surface area contributed by atoms with Crippen LogP contribution in [0.5, 0.6) is 0 Å². The van der Waals surface area contributed by atoms with Crippen molar-refractivity contribution in [2.75, 3.05) is 6.54 Å². The van der Waals surface area contributed by atoms with Gasteiger partial charge in [-0.05, 0) is 30.0 Å². The van der Waals surface area contributed by atoms with Gasteiger partial charge in [-0.25, -0.2) is 4.39 Å². The van der Waals surface area contributed by atoms with Crippen molar-refractivity contribution in [3.63, 3.8) is 0 Å². The Balaban J connectivity index is 2.00. The summed E-state index contributed by atoms with van der Waals surface area (Å²) in [5.41, 5.74) is 1.13. The highest BCUT2D eigenvalue weighted by atomic mass is 19.1. The molecule has 0 N–H and O–H groups in total. The summed E-state index contributed by atoms with van der Waals surface area (Å²) in [7, 11) is 0.